The van der Waals surface area contributed by atoms with Crippen molar-refractivity contribution in [2.24, 2.45) is 0 Å². The van der Waals surface area contributed by atoms with Crippen LogP contribution in [-0.4, -0.2) is 46.4 Å². The van der Waals surface area contributed by atoms with Gasteiger partial charge in [-0.25, -0.2) is 12.7 Å². The maximum Gasteiger partial charge on any atom is 0.262 e. The monoisotopic (exact) mass is 394 g/mol. The second-order valence-electron chi connectivity index (χ2n) is 6.13. The molecule has 0 saturated carbocycles. The van der Waals surface area contributed by atoms with Crippen LogP contribution in [0.15, 0.2) is 41.3 Å². The van der Waals surface area contributed by atoms with Gasteiger partial charge in [0.1, 0.15) is 5.75 Å². The predicted octanol–water partition coefficient (Wildman–Crippen LogP) is 2.80. The lowest BCUT2D eigenvalue weighted by molar-refractivity contribution is 0.0986. The van der Waals surface area contributed by atoms with E-state index in [1.54, 1.807) is 35.2 Å². The highest BCUT2D eigenvalue weighted by atomic mass is 35.5. The summed E-state index contributed by atoms with van der Waals surface area (Å²) in [7, 11) is 0.964. The zero-order valence-corrected chi connectivity index (χ0v) is 16.3. The van der Waals surface area contributed by atoms with Crippen LogP contribution in [0.3, 0.4) is 0 Å². The SMILES string of the molecule is COc1ccc(Cl)cc1C(=O)N1CCc2cc(S(=O)(=O)N(C)C)ccc21. The summed E-state index contributed by atoms with van der Waals surface area (Å²) in [6.45, 7) is 0.468. The number of halogens is 1. The normalized spacial score (nSPS) is 13.8. The van der Waals surface area contributed by atoms with E-state index >= 15 is 0 Å². The van der Waals surface area contributed by atoms with Crippen molar-refractivity contribution in [1.29, 1.82) is 0 Å². The first kappa shape index (κ1) is 18.7. The Kier molecular flexibility index (Phi) is 4.96. The van der Waals surface area contributed by atoms with E-state index in [0.29, 0.717) is 35.0 Å². The summed E-state index contributed by atoms with van der Waals surface area (Å²) in [5.74, 6) is 0.214. The highest BCUT2D eigenvalue weighted by molar-refractivity contribution is 7.89. The molecule has 138 valence electrons. The van der Waals surface area contributed by atoms with Gasteiger partial charge >= 0.3 is 0 Å². The van der Waals surface area contributed by atoms with Crippen LogP contribution in [0.25, 0.3) is 0 Å². The first-order valence-electron chi connectivity index (χ1n) is 7.96. The summed E-state index contributed by atoms with van der Waals surface area (Å²) in [5.41, 5.74) is 1.90. The van der Waals surface area contributed by atoms with Gasteiger partial charge in [-0.05, 0) is 48.4 Å². The third-order valence-corrected chi connectivity index (χ3v) is 6.41. The Morgan fingerprint density at radius 2 is 1.92 bits per heavy atom. The van der Waals surface area contributed by atoms with Crippen molar-refractivity contribution in [2.45, 2.75) is 11.3 Å². The summed E-state index contributed by atoms with van der Waals surface area (Å²) < 4.78 is 31.0. The fourth-order valence-electron chi connectivity index (χ4n) is 2.95. The number of anilines is 1. The van der Waals surface area contributed by atoms with Gasteiger partial charge in [0.15, 0.2) is 0 Å². The molecule has 2 aromatic carbocycles. The maximum atomic E-state index is 13.0. The number of fused-ring (bicyclic) bond motifs is 1. The summed E-state index contributed by atoms with van der Waals surface area (Å²) in [5, 5.41) is 0.445. The Morgan fingerprint density at radius 3 is 2.58 bits per heavy atom. The van der Waals surface area contributed by atoms with E-state index in [0.717, 1.165) is 5.56 Å². The number of amides is 1. The molecule has 0 spiro atoms. The van der Waals surface area contributed by atoms with Gasteiger partial charge in [-0.2, -0.15) is 0 Å². The van der Waals surface area contributed by atoms with Gasteiger partial charge in [0, 0.05) is 31.4 Å². The zero-order valence-electron chi connectivity index (χ0n) is 14.7. The summed E-state index contributed by atoms with van der Waals surface area (Å²) in [6, 6.07) is 9.72. The van der Waals surface area contributed by atoms with Crippen LogP contribution >= 0.6 is 11.6 Å². The van der Waals surface area contributed by atoms with E-state index in [4.69, 9.17) is 16.3 Å². The van der Waals surface area contributed by atoms with E-state index in [9.17, 15) is 13.2 Å². The fraction of sp³-hybridized carbons (Fsp3) is 0.278. The second-order valence-corrected chi connectivity index (χ2v) is 8.72. The van der Waals surface area contributed by atoms with Crippen LogP contribution in [0.1, 0.15) is 15.9 Å². The van der Waals surface area contributed by atoms with Crippen LogP contribution in [0.5, 0.6) is 5.75 Å². The lowest BCUT2D eigenvalue weighted by atomic mass is 10.1. The molecule has 0 bridgehead atoms. The van der Waals surface area contributed by atoms with Crippen molar-refractivity contribution in [3.05, 3.63) is 52.5 Å². The lowest BCUT2D eigenvalue weighted by Crippen LogP contribution is -2.29. The number of methoxy groups -OCH3 is 1. The number of sulfonamides is 1. The number of ether oxygens (including phenoxy) is 1. The van der Waals surface area contributed by atoms with Crippen LogP contribution in [0, 0.1) is 0 Å². The third-order valence-electron chi connectivity index (χ3n) is 4.36. The molecule has 8 heteroatoms. The topological polar surface area (TPSA) is 66.9 Å². The Balaban J connectivity index is 1.98. The van der Waals surface area contributed by atoms with Crippen molar-refractivity contribution in [3.63, 3.8) is 0 Å². The molecule has 0 atom stereocenters. The van der Waals surface area contributed by atoms with Gasteiger partial charge in [0.05, 0.1) is 17.6 Å². The predicted molar refractivity (Wildman–Crippen MR) is 101 cm³/mol. The standard InChI is InChI=1S/C18H19ClN2O4S/c1-20(2)26(23,24)14-5-6-16-12(10-14)8-9-21(16)18(22)15-11-13(19)4-7-17(15)25-3/h4-7,10-11H,8-9H2,1-3H3. The molecule has 0 aromatic heterocycles. The van der Waals surface area contributed by atoms with Crippen LogP contribution in [0.2, 0.25) is 5.02 Å². The highest BCUT2D eigenvalue weighted by Gasteiger charge is 2.29. The maximum absolute atomic E-state index is 13.0. The molecular formula is C18H19ClN2O4S. The Morgan fingerprint density at radius 1 is 1.19 bits per heavy atom. The van der Waals surface area contributed by atoms with Crippen molar-refractivity contribution in [2.75, 3.05) is 32.6 Å². The molecule has 0 N–H and O–H groups in total. The molecule has 0 radical (unpaired) electrons. The van der Waals surface area contributed by atoms with Crippen LogP contribution < -0.4 is 9.64 Å². The Labute approximate surface area is 158 Å². The summed E-state index contributed by atoms with van der Waals surface area (Å²) in [4.78, 5) is 14.8. The van der Waals surface area contributed by atoms with Gasteiger partial charge < -0.3 is 9.64 Å². The number of benzene rings is 2. The smallest absolute Gasteiger partial charge is 0.262 e. The largest absolute Gasteiger partial charge is 0.496 e. The minimum absolute atomic E-state index is 0.218. The molecule has 1 aliphatic rings. The number of carbonyl (C=O) groups excluding carboxylic acids is 1. The van der Waals surface area contributed by atoms with E-state index in [2.05, 4.69) is 0 Å². The minimum Gasteiger partial charge on any atom is -0.496 e. The van der Waals surface area contributed by atoms with Crippen LogP contribution in [0.4, 0.5) is 5.69 Å². The molecule has 2 aromatic rings. The third kappa shape index (κ3) is 3.18. The van der Waals surface area contributed by atoms with Gasteiger partial charge in [0.25, 0.3) is 5.91 Å². The molecule has 6 nitrogen and oxygen atoms in total. The first-order chi connectivity index (χ1) is 12.3. The van der Waals surface area contributed by atoms with E-state index in [1.165, 1.54) is 31.6 Å². The molecule has 0 aliphatic carbocycles. The van der Waals surface area contributed by atoms with E-state index in [1.807, 2.05) is 0 Å². The molecule has 0 fully saturated rings. The van der Waals surface area contributed by atoms with E-state index in [-0.39, 0.29) is 10.8 Å². The molecule has 1 aliphatic heterocycles. The average molecular weight is 395 g/mol. The summed E-state index contributed by atoms with van der Waals surface area (Å²) in [6.07, 6.45) is 0.584. The summed E-state index contributed by atoms with van der Waals surface area (Å²) >= 11 is 6.03. The number of nitrogens with zero attached hydrogens (tertiary/aromatic N) is 2. The van der Waals surface area contributed by atoms with Gasteiger partial charge in [-0.15, -0.1) is 0 Å². The van der Waals surface area contributed by atoms with E-state index < -0.39 is 10.0 Å². The Bertz CT molecular complexity index is 973. The minimum atomic E-state index is -3.51. The van der Waals surface area contributed by atoms with Gasteiger partial charge in [0.2, 0.25) is 10.0 Å². The van der Waals surface area contributed by atoms with Gasteiger partial charge in [-0.3, -0.25) is 4.79 Å². The molecule has 26 heavy (non-hydrogen) atoms. The van der Waals surface area contributed by atoms with Crippen LogP contribution in [-0.2, 0) is 16.4 Å². The highest BCUT2D eigenvalue weighted by Crippen LogP contribution is 2.34. The number of carbonyl (C=O) groups is 1. The first-order valence-corrected chi connectivity index (χ1v) is 9.78. The molecule has 0 saturated heterocycles. The number of hydrogen-bond acceptors (Lipinski definition) is 4. The fourth-order valence-corrected chi connectivity index (χ4v) is 4.08. The quantitative estimate of drug-likeness (QED) is 0.799. The average Bonchev–Trinajstić information content (AvgIpc) is 3.04. The number of rotatable bonds is 4. The van der Waals surface area contributed by atoms with Crippen molar-refractivity contribution < 1.29 is 17.9 Å². The number of hydrogen-bond donors (Lipinski definition) is 0. The van der Waals surface area contributed by atoms with Crippen molar-refractivity contribution in [1.82, 2.24) is 4.31 Å². The molecule has 0 unspecified atom stereocenters. The molecule has 1 amide bonds. The van der Waals surface area contributed by atoms with Crippen molar-refractivity contribution in [3.8, 4) is 5.75 Å². The zero-order chi connectivity index (χ0) is 19.1. The Hall–Kier alpha value is -2.09. The molecule has 1 heterocycles. The lowest BCUT2D eigenvalue weighted by Gasteiger charge is -2.19. The molecule has 3 rings (SSSR count). The van der Waals surface area contributed by atoms with Crippen molar-refractivity contribution >= 4 is 33.2 Å². The molecular weight excluding hydrogens is 376 g/mol. The van der Waals surface area contributed by atoms with Gasteiger partial charge in [-0.1, -0.05) is 11.6 Å². The second kappa shape index (κ2) is 6.90.